The van der Waals surface area contributed by atoms with Gasteiger partial charge in [-0.2, -0.15) is 0 Å². The molecule has 0 radical (unpaired) electrons. The van der Waals surface area contributed by atoms with E-state index in [1.807, 2.05) is 31.2 Å². The third-order valence-electron chi connectivity index (χ3n) is 2.52. The van der Waals surface area contributed by atoms with Gasteiger partial charge in [-0.25, -0.2) is 4.98 Å². The first-order valence-electron chi connectivity index (χ1n) is 6.12. The Bertz CT molecular complexity index is 581. The number of hydrogen-bond acceptors (Lipinski definition) is 4. The Kier molecular flexibility index (Phi) is 5.73. The Morgan fingerprint density at radius 1 is 1.50 bits per heavy atom. The topological polar surface area (TPSA) is 81.2 Å². The van der Waals surface area contributed by atoms with Crippen LogP contribution < -0.4 is 11.1 Å². The van der Waals surface area contributed by atoms with E-state index in [-0.39, 0.29) is 24.4 Å². The summed E-state index contributed by atoms with van der Waals surface area (Å²) in [7, 11) is 0. The summed E-state index contributed by atoms with van der Waals surface area (Å²) < 4.78 is 5.33. The van der Waals surface area contributed by atoms with Crippen LogP contribution >= 0.6 is 12.4 Å². The van der Waals surface area contributed by atoms with Gasteiger partial charge >= 0.3 is 0 Å². The van der Waals surface area contributed by atoms with Crippen molar-refractivity contribution in [2.75, 3.05) is 5.32 Å². The van der Waals surface area contributed by atoms with Crippen molar-refractivity contribution in [3.63, 3.8) is 0 Å². The van der Waals surface area contributed by atoms with Gasteiger partial charge in [0.05, 0.1) is 5.69 Å². The second-order valence-electron chi connectivity index (χ2n) is 4.60. The molecule has 1 amide bonds. The minimum absolute atomic E-state index is 0. The second kappa shape index (κ2) is 7.07. The molecule has 0 aliphatic heterocycles. The Morgan fingerprint density at radius 2 is 2.25 bits per heavy atom. The molecule has 1 heterocycles. The first kappa shape index (κ1) is 16.2. The molecule has 20 heavy (non-hydrogen) atoms. The Labute approximate surface area is 124 Å². The average Bonchev–Trinajstić information content (AvgIpc) is 2.75. The van der Waals surface area contributed by atoms with E-state index in [4.69, 9.17) is 10.2 Å². The van der Waals surface area contributed by atoms with Crippen LogP contribution in [0.3, 0.4) is 0 Å². The van der Waals surface area contributed by atoms with E-state index in [1.54, 1.807) is 13.2 Å². The first-order chi connectivity index (χ1) is 9.04. The van der Waals surface area contributed by atoms with E-state index in [2.05, 4.69) is 10.3 Å². The molecule has 0 aliphatic carbocycles. The molecular formula is C14H18ClN3O2. The van der Waals surface area contributed by atoms with Crippen molar-refractivity contribution in [3.05, 3.63) is 36.2 Å². The highest BCUT2D eigenvalue weighted by atomic mass is 35.5. The minimum atomic E-state index is -0.155. The smallest absolute Gasteiger partial charge is 0.226 e. The summed E-state index contributed by atoms with van der Waals surface area (Å²) in [6, 6.07) is 7.21. The van der Waals surface area contributed by atoms with Crippen LogP contribution in [0.1, 0.15) is 19.0 Å². The van der Waals surface area contributed by atoms with Crippen molar-refractivity contribution in [1.82, 2.24) is 4.98 Å². The third-order valence-corrected chi connectivity index (χ3v) is 2.52. The molecular weight excluding hydrogens is 278 g/mol. The zero-order valence-corrected chi connectivity index (χ0v) is 12.2. The van der Waals surface area contributed by atoms with Crippen LogP contribution in [0.5, 0.6) is 0 Å². The highest BCUT2D eigenvalue weighted by Crippen LogP contribution is 2.22. The van der Waals surface area contributed by atoms with Gasteiger partial charge in [0.2, 0.25) is 11.8 Å². The van der Waals surface area contributed by atoms with Crippen molar-refractivity contribution in [1.29, 1.82) is 0 Å². The van der Waals surface area contributed by atoms with Crippen LogP contribution in [0.2, 0.25) is 0 Å². The van der Waals surface area contributed by atoms with E-state index in [9.17, 15) is 4.79 Å². The Morgan fingerprint density at radius 3 is 2.85 bits per heavy atom. The molecule has 1 aromatic carbocycles. The lowest BCUT2D eigenvalue weighted by Crippen LogP contribution is -2.23. The number of rotatable bonds is 4. The number of benzene rings is 1. The largest absolute Gasteiger partial charge is 0.444 e. The van der Waals surface area contributed by atoms with Gasteiger partial charge in [0.15, 0.2) is 0 Å². The molecule has 0 spiro atoms. The third kappa shape index (κ3) is 4.36. The summed E-state index contributed by atoms with van der Waals surface area (Å²) in [6.07, 6.45) is 1.89. The maximum absolute atomic E-state index is 11.6. The van der Waals surface area contributed by atoms with Crippen LogP contribution in [-0.4, -0.2) is 16.9 Å². The van der Waals surface area contributed by atoms with Crippen molar-refractivity contribution < 1.29 is 9.21 Å². The molecule has 3 N–H and O–H groups in total. The maximum Gasteiger partial charge on any atom is 0.226 e. The first-order valence-corrected chi connectivity index (χ1v) is 6.12. The van der Waals surface area contributed by atoms with E-state index in [0.717, 1.165) is 11.3 Å². The van der Waals surface area contributed by atoms with E-state index in [1.165, 1.54) is 0 Å². The quantitative estimate of drug-likeness (QED) is 0.909. The monoisotopic (exact) mass is 295 g/mol. The summed E-state index contributed by atoms with van der Waals surface area (Å²) in [4.78, 5) is 15.9. The molecule has 1 unspecified atom stereocenters. The summed E-state index contributed by atoms with van der Waals surface area (Å²) in [6.45, 7) is 3.66. The number of halogens is 1. The summed E-state index contributed by atoms with van der Waals surface area (Å²) in [5, 5.41) is 2.80. The molecule has 2 rings (SSSR count). The van der Waals surface area contributed by atoms with Gasteiger partial charge in [0.1, 0.15) is 6.26 Å². The molecule has 0 fully saturated rings. The number of aromatic nitrogens is 1. The number of hydrogen-bond donors (Lipinski definition) is 2. The lowest BCUT2D eigenvalue weighted by molar-refractivity contribution is -0.116. The predicted octanol–water partition coefficient (Wildman–Crippen LogP) is 2.75. The van der Waals surface area contributed by atoms with Crippen molar-refractivity contribution in [2.24, 2.45) is 5.73 Å². The fraction of sp³-hybridized carbons (Fsp3) is 0.286. The van der Waals surface area contributed by atoms with Crippen molar-refractivity contribution in [2.45, 2.75) is 26.3 Å². The van der Waals surface area contributed by atoms with Crippen molar-refractivity contribution in [3.8, 4) is 11.5 Å². The highest BCUT2D eigenvalue weighted by molar-refractivity contribution is 5.91. The number of carbonyl (C=O) groups excluding carboxylic acids is 1. The standard InChI is InChI=1S/C14H17N3O2.ClH/c1-9(15)6-13(18)17-12-5-3-4-11(7-12)14-16-10(2)8-19-14;/h3-5,7-9H,6,15H2,1-2H3,(H,17,18);1H. The number of amides is 1. The molecule has 6 heteroatoms. The summed E-state index contributed by atoms with van der Waals surface area (Å²) in [5.41, 5.74) is 7.94. The van der Waals surface area contributed by atoms with Crippen LogP contribution in [0.15, 0.2) is 34.9 Å². The van der Waals surface area contributed by atoms with Crippen LogP contribution in [0.25, 0.3) is 11.5 Å². The molecule has 0 saturated carbocycles. The molecule has 1 atom stereocenters. The van der Waals surface area contributed by atoms with E-state index in [0.29, 0.717) is 18.0 Å². The molecule has 0 saturated heterocycles. The van der Waals surface area contributed by atoms with Gasteiger partial charge in [-0.05, 0) is 32.0 Å². The number of nitrogens with two attached hydrogens (primary N) is 1. The van der Waals surface area contributed by atoms with Gasteiger partial charge in [-0.3, -0.25) is 4.79 Å². The lowest BCUT2D eigenvalue weighted by atomic mass is 10.2. The molecule has 0 aliphatic rings. The fourth-order valence-electron chi connectivity index (χ4n) is 1.72. The Balaban J connectivity index is 0.00000200. The second-order valence-corrected chi connectivity index (χ2v) is 4.60. The zero-order valence-electron chi connectivity index (χ0n) is 11.4. The molecule has 2 aromatic rings. The van der Waals surface area contributed by atoms with Crippen LogP contribution in [0, 0.1) is 6.92 Å². The number of oxazole rings is 1. The number of nitrogens with one attached hydrogen (secondary N) is 1. The van der Waals surface area contributed by atoms with Crippen LogP contribution in [-0.2, 0) is 4.79 Å². The van der Waals surface area contributed by atoms with Gasteiger partial charge in [-0.15, -0.1) is 12.4 Å². The summed E-state index contributed by atoms with van der Waals surface area (Å²) in [5.74, 6) is 0.441. The number of anilines is 1. The zero-order chi connectivity index (χ0) is 13.8. The fourth-order valence-corrected chi connectivity index (χ4v) is 1.72. The van der Waals surface area contributed by atoms with E-state index >= 15 is 0 Å². The van der Waals surface area contributed by atoms with Crippen LogP contribution in [0.4, 0.5) is 5.69 Å². The maximum atomic E-state index is 11.6. The van der Waals surface area contributed by atoms with Crippen molar-refractivity contribution >= 4 is 24.0 Å². The van der Waals surface area contributed by atoms with Gasteiger partial charge < -0.3 is 15.5 Å². The highest BCUT2D eigenvalue weighted by Gasteiger charge is 2.08. The predicted molar refractivity (Wildman–Crippen MR) is 80.8 cm³/mol. The normalized spacial score (nSPS) is 11.6. The number of aryl methyl sites for hydroxylation is 1. The SMILES string of the molecule is Cc1coc(-c2cccc(NC(=O)CC(C)N)c2)n1.Cl. The lowest BCUT2D eigenvalue weighted by Gasteiger charge is -2.07. The molecule has 0 bridgehead atoms. The number of nitrogens with zero attached hydrogens (tertiary/aromatic N) is 1. The van der Waals surface area contributed by atoms with Gasteiger partial charge in [-0.1, -0.05) is 6.07 Å². The van der Waals surface area contributed by atoms with Gasteiger partial charge in [0, 0.05) is 23.7 Å². The Hall–Kier alpha value is -1.85. The molecule has 5 nitrogen and oxygen atoms in total. The number of carbonyl (C=O) groups is 1. The van der Waals surface area contributed by atoms with E-state index < -0.39 is 0 Å². The molecule has 108 valence electrons. The summed E-state index contributed by atoms with van der Waals surface area (Å²) >= 11 is 0. The van der Waals surface area contributed by atoms with Gasteiger partial charge in [0.25, 0.3) is 0 Å². The minimum Gasteiger partial charge on any atom is -0.444 e. The molecule has 1 aromatic heterocycles. The average molecular weight is 296 g/mol.